The summed E-state index contributed by atoms with van der Waals surface area (Å²) in [5.41, 5.74) is 6.70. The van der Waals surface area contributed by atoms with Gasteiger partial charge in [0.05, 0.1) is 18.2 Å². The Labute approximate surface area is 105 Å². The number of carbonyl (C=O) groups excluding carboxylic acids is 1. The molecule has 1 aliphatic rings. The molecule has 1 amide bonds. The number of nitrogens with two attached hydrogens (primary N) is 1. The molecule has 1 saturated heterocycles. The Morgan fingerprint density at radius 3 is 2.94 bits per heavy atom. The highest BCUT2D eigenvalue weighted by Gasteiger charge is 2.25. The fourth-order valence-electron chi connectivity index (χ4n) is 1.91. The Morgan fingerprint density at radius 1 is 1.59 bits per heavy atom. The van der Waals surface area contributed by atoms with E-state index in [1.807, 2.05) is 0 Å². The van der Waals surface area contributed by atoms with Crippen molar-refractivity contribution in [2.45, 2.75) is 12.5 Å². The molecule has 1 atom stereocenters. The van der Waals surface area contributed by atoms with Gasteiger partial charge in [0, 0.05) is 24.4 Å². The molecule has 0 aliphatic carbocycles. The van der Waals surface area contributed by atoms with E-state index in [0.717, 1.165) is 6.42 Å². The van der Waals surface area contributed by atoms with Crippen molar-refractivity contribution >= 4 is 23.2 Å². The Hall–Kier alpha value is -1.26. The number of amides is 1. The van der Waals surface area contributed by atoms with Crippen molar-refractivity contribution in [3.05, 3.63) is 28.8 Å². The van der Waals surface area contributed by atoms with Gasteiger partial charge in [0.25, 0.3) is 5.91 Å². The first-order valence-electron chi connectivity index (χ1n) is 5.49. The molecule has 0 bridgehead atoms. The molecular formula is C12H15ClN2O2. The van der Waals surface area contributed by atoms with E-state index >= 15 is 0 Å². The van der Waals surface area contributed by atoms with Crippen molar-refractivity contribution in [3.63, 3.8) is 0 Å². The Morgan fingerprint density at radius 2 is 2.35 bits per heavy atom. The summed E-state index contributed by atoms with van der Waals surface area (Å²) in [4.78, 5) is 13.9. The largest absolute Gasteiger partial charge is 0.398 e. The van der Waals surface area contributed by atoms with Gasteiger partial charge >= 0.3 is 0 Å². The van der Waals surface area contributed by atoms with Crippen LogP contribution in [0.2, 0.25) is 5.02 Å². The highest BCUT2D eigenvalue weighted by Crippen LogP contribution is 2.21. The van der Waals surface area contributed by atoms with E-state index in [-0.39, 0.29) is 11.9 Å². The third-order valence-corrected chi connectivity index (χ3v) is 3.25. The van der Waals surface area contributed by atoms with Crippen molar-refractivity contribution in [1.82, 2.24) is 4.90 Å². The monoisotopic (exact) mass is 254 g/mol. The zero-order chi connectivity index (χ0) is 12.4. The van der Waals surface area contributed by atoms with E-state index in [4.69, 9.17) is 22.1 Å². The summed E-state index contributed by atoms with van der Waals surface area (Å²) >= 11 is 5.80. The van der Waals surface area contributed by atoms with Gasteiger partial charge in [-0.15, -0.1) is 0 Å². The maximum Gasteiger partial charge on any atom is 0.256 e. The first-order chi connectivity index (χ1) is 8.09. The molecule has 1 aromatic rings. The van der Waals surface area contributed by atoms with E-state index in [2.05, 4.69) is 0 Å². The van der Waals surface area contributed by atoms with Crippen molar-refractivity contribution < 1.29 is 9.53 Å². The van der Waals surface area contributed by atoms with Crippen LogP contribution in [-0.4, -0.2) is 37.1 Å². The van der Waals surface area contributed by atoms with Gasteiger partial charge in [0.2, 0.25) is 0 Å². The molecule has 0 radical (unpaired) electrons. The molecule has 1 fully saturated rings. The van der Waals surface area contributed by atoms with Crippen LogP contribution in [-0.2, 0) is 4.74 Å². The minimum Gasteiger partial charge on any atom is -0.398 e. The van der Waals surface area contributed by atoms with Gasteiger partial charge in [-0.1, -0.05) is 11.6 Å². The van der Waals surface area contributed by atoms with Crippen molar-refractivity contribution in [2.24, 2.45) is 0 Å². The second-order valence-electron chi connectivity index (χ2n) is 4.17. The standard InChI is InChI=1S/C12H15ClN2O2/c1-15(9-4-5-17-7-9)12(16)10-3-2-8(13)6-11(10)14/h2-3,6,9H,4-5,7,14H2,1H3. The summed E-state index contributed by atoms with van der Waals surface area (Å²) in [5.74, 6) is -0.0883. The summed E-state index contributed by atoms with van der Waals surface area (Å²) in [6.07, 6.45) is 0.871. The van der Waals surface area contributed by atoms with Crippen LogP contribution in [0.5, 0.6) is 0 Å². The van der Waals surface area contributed by atoms with E-state index in [0.29, 0.717) is 29.5 Å². The number of nitrogen functional groups attached to an aromatic ring is 1. The number of ether oxygens (including phenoxy) is 1. The Balaban J connectivity index is 2.18. The molecule has 17 heavy (non-hydrogen) atoms. The maximum atomic E-state index is 12.2. The highest BCUT2D eigenvalue weighted by molar-refractivity contribution is 6.31. The summed E-state index contributed by atoms with van der Waals surface area (Å²) in [5, 5.41) is 0.533. The summed E-state index contributed by atoms with van der Waals surface area (Å²) in [6.45, 7) is 1.30. The lowest BCUT2D eigenvalue weighted by atomic mass is 10.1. The zero-order valence-electron chi connectivity index (χ0n) is 9.65. The van der Waals surface area contributed by atoms with Gasteiger partial charge in [0.1, 0.15) is 0 Å². The number of nitrogens with zero attached hydrogens (tertiary/aromatic N) is 1. The fraction of sp³-hybridized carbons (Fsp3) is 0.417. The number of likely N-dealkylation sites (N-methyl/N-ethyl adjacent to an activating group) is 1. The van der Waals surface area contributed by atoms with E-state index in [1.165, 1.54) is 0 Å². The van der Waals surface area contributed by atoms with Crippen molar-refractivity contribution in [1.29, 1.82) is 0 Å². The lowest BCUT2D eigenvalue weighted by Crippen LogP contribution is -2.37. The number of anilines is 1. The van der Waals surface area contributed by atoms with Crippen LogP contribution in [0.15, 0.2) is 18.2 Å². The van der Waals surface area contributed by atoms with Gasteiger partial charge in [-0.05, 0) is 24.6 Å². The second kappa shape index (κ2) is 4.94. The lowest BCUT2D eigenvalue weighted by molar-refractivity contribution is 0.0712. The lowest BCUT2D eigenvalue weighted by Gasteiger charge is -2.23. The molecule has 2 rings (SSSR count). The molecule has 0 aromatic heterocycles. The van der Waals surface area contributed by atoms with Crippen molar-refractivity contribution in [3.8, 4) is 0 Å². The van der Waals surface area contributed by atoms with Gasteiger partial charge in [-0.25, -0.2) is 0 Å². The Kier molecular flexibility index (Phi) is 3.54. The van der Waals surface area contributed by atoms with Gasteiger partial charge in [-0.2, -0.15) is 0 Å². The first-order valence-corrected chi connectivity index (χ1v) is 5.87. The molecule has 0 spiro atoms. The predicted molar refractivity (Wildman–Crippen MR) is 67.2 cm³/mol. The molecule has 5 heteroatoms. The molecule has 92 valence electrons. The van der Waals surface area contributed by atoms with Crippen LogP contribution in [0.25, 0.3) is 0 Å². The first kappa shape index (κ1) is 12.2. The van der Waals surface area contributed by atoms with Crippen LogP contribution in [0, 0.1) is 0 Å². The Bertz CT molecular complexity index is 431. The average molecular weight is 255 g/mol. The molecule has 1 unspecified atom stereocenters. The zero-order valence-corrected chi connectivity index (χ0v) is 10.4. The van der Waals surface area contributed by atoms with E-state index in [9.17, 15) is 4.79 Å². The van der Waals surface area contributed by atoms with Crippen LogP contribution >= 0.6 is 11.6 Å². The number of hydrogen-bond donors (Lipinski definition) is 1. The van der Waals surface area contributed by atoms with Gasteiger partial charge in [0.15, 0.2) is 0 Å². The summed E-state index contributed by atoms with van der Waals surface area (Å²) in [7, 11) is 1.77. The molecule has 1 aliphatic heterocycles. The summed E-state index contributed by atoms with van der Waals surface area (Å²) < 4.78 is 5.27. The van der Waals surface area contributed by atoms with Crippen LogP contribution in [0.3, 0.4) is 0 Å². The minimum atomic E-state index is -0.0883. The predicted octanol–water partition coefficient (Wildman–Crippen LogP) is 1.78. The highest BCUT2D eigenvalue weighted by atomic mass is 35.5. The molecular weight excluding hydrogens is 240 g/mol. The molecule has 0 saturated carbocycles. The van der Waals surface area contributed by atoms with Crippen LogP contribution in [0.1, 0.15) is 16.8 Å². The maximum absolute atomic E-state index is 12.2. The normalized spacial score (nSPS) is 19.3. The van der Waals surface area contributed by atoms with E-state index < -0.39 is 0 Å². The quantitative estimate of drug-likeness (QED) is 0.819. The third-order valence-electron chi connectivity index (χ3n) is 3.02. The summed E-state index contributed by atoms with van der Waals surface area (Å²) in [6, 6.07) is 5.06. The minimum absolute atomic E-state index is 0.0883. The topological polar surface area (TPSA) is 55.6 Å². The number of carbonyl (C=O) groups is 1. The molecule has 2 N–H and O–H groups in total. The van der Waals surface area contributed by atoms with Crippen molar-refractivity contribution in [2.75, 3.05) is 26.0 Å². The number of rotatable bonds is 2. The number of halogens is 1. The number of benzene rings is 1. The van der Waals surface area contributed by atoms with Crippen LogP contribution < -0.4 is 5.73 Å². The molecule has 1 heterocycles. The molecule has 1 aromatic carbocycles. The second-order valence-corrected chi connectivity index (χ2v) is 4.60. The van der Waals surface area contributed by atoms with Gasteiger partial charge < -0.3 is 15.4 Å². The SMILES string of the molecule is CN(C(=O)c1ccc(Cl)cc1N)C1CCOC1. The average Bonchev–Trinajstić information content (AvgIpc) is 2.80. The fourth-order valence-corrected chi connectivity index (χ4v) is 2.09. The number of hydrogen-bond acceptors (Lipinski definition) is 3. The van der Waals surface area contributed by atoms with Gasteiger partial charge in [-0.3, -0.25) is 4.79 Å². The van der Waals surface area contributed by atoms with Crippen LogP contribution in [0.4, 0.5) is 5.69 Å². The smallest absolute Gasteiger partial charge is 0.256 e. The van der Waals surface area contributed by atoms with E-state index in [1.54, 1.807) is 30.1 Å². The molecule has 4 nitrogen and oxygen atoms in total. The third kappa shape index (κ3) is 2.53.